The second kappa shape index (κ2) is 20.8. The van der Waals surface area contributed by atoms with Gasteiger partial charge in [-0.2, -0.15) is 78.9 Å². The zero-order valence-electron chi connectivity index (χ0n) is 26.1. The van der Waals surface area contributed by atoms with Crippen molar-refractivity contribution in [3.8, 4) is 0 Å². The van der Waals surface area contributed by atoms with Crippen LogP contribution in [0.4, 0.5) is 0 Å². The maximum atomic E-state index is 2.99. The maximum absolute atomic E-state index is 2.99. The van der Waals surface area contributed by atoms with Crippen molar-refractivity contribution in [1.82, 2.24) is 0 Å². The molecule has 4 heteroatoms. The van der Waals surface area contributed by atoms with Crippen LogP contribution in [0, 0.1) is 53.2 Å². The van der Waals surface area contributed by atoms with Crippen LogP contribution >= 0.6 is 24.8 Å². The summed E-state index contributed by atoms with van der Waals surface area (Å²) in [6, 6.07) is 25.0. The van der Waals surface area contributed by atoms with Gasteiger partial charge in [0.1, 0.15) is 0 Å². The van der Waals surface area contributed by atoms with Crippen LogP contribution in [0.1, 0.15) is 79.1 Å². The fourth-order valence-corrected chi connectivity index (χ4v) is 6.92. The van der Waals surface area contributed by atoms with E-state index < -0.39 is 0 Å². The third-order valence-electron chi connectivity index (χ3n) is 9.55. The van der Waals surface area contributed by atoms with Crippen molar-refractivity contribution in [3.63, 3.8) is 0 Å². The molecule has 5 aliphatic rings. The Balaban J connectivity index is 0.000000344. The molecule has 2 saturated carbocycles. The topological polar surface area (TPSA) is 0 Å². The molecule has 0 nitrogen and oxygen atoms in total. The molecular formula is C38H50Cl2SiZr-4. The molecule has 0 aromatic heterocycles. The van der Waals surface area contributed by atoms with Gasteiger partial charge in [0.2, 0.25) is 0 Å². The van der Waals surface area contributed by atoms with Gasteiger partial charge in [-0.05, 0) is 37.5 Å². The summed E-state index contributed by atoms with van der Waals surface area (Å²) < 4.78 is 0. The van der Waals surface area contributed by atoms with Gasteiger partial charge in [0.15, 0.2) is 0 Å². The molecule has 7 rings (SSSR count). The molecule has 228 valence electrons. The summed E-state index contributed by atoms with van der Waals surface area (Å²) in [5.41, 5.74) is 5.97. The molecule has 0 saturated heterocycles. The molecule has 4 atom stereocenters. The van der Waals surface area contributed by atoms with Crippen molar-refractivity contribution in [2.45, 2.75) is 79.1 Å². The Bertz CT molecular complexity index is 1030. The number of allylic oxidation sites excluding steroid dienone is 8. The number of hydrogen-bond acceptors (Lipinski definition) is 0. The first-order valence-electron chi connectivity index (χ1n) is 15.2. The molecule has 0 radical (unpaired) electrons. The van der Waals surface area contributed by atoms with Gasteiger partial charge in [0, 0.05) is 0 Å². The number of rotatable bonds is 0. The summed E-state index contributed by atoms with van der Waals surface area (Å²) in [5.74, 6) is 5.32. The average Bonchev–Trinajstić information content (AvgIpc) is 3.72. The smallest absolute Gasteiger partial charge is 0.171 e. The molecule has 0 N–H and O–H groups in total. The van der Waals surface area contributed by atoms with Crippen molar-refractivity contribution < 1.29 is 23.3 Å². The van der Waals surface area contributed by atoms with E-state index in [0.717, 1.165) is 30.1 Å². The summed E-state index contributed by atoms with van der Waals surface area (Å²) in [7, 11) is 0. The molecule has 0 aliphatic heterocycles. The van der Waals surface area contributed by atoms with E-state index in [4.69, 9.17) is 0 Å². The summed E-state index contributed by atoms with van der Waals surface area (Å²) in [4.78, 5) is 0. The number of hydrogen-bond donors (Lipinski definition) is 0. The molecule has 0 amide bonds. The van der Waals surface area contributed by atoms with Crippen molar-refractivity contribution in [2.24, 2.45) is 29.1 Å². The Morgan fingerprint density at radius 1 is 0.881 bits per heavy atom. The largest absolute Gasteiger partial charge is 0.184 e. The third-order valence-corrected chi connectivity index (χ3v) is 9.55. The molecule has 0 bridgehead atoms. The van der Waals surface area contributed by atoms with E-state index >= 15 is 0 Å². The summed E-state index contributed by atoms with van der Waals surface area (Å²) in [5, 5.41) is 0. The Kier molecular flexibility index (Phi) is 19.3. The van der Waals surface area contributed by atoms with E-state index in [0.29, 0.717) is 5.41 Å². The minimum atomic E-state index is 0. The Morgan fingerprint density at radius 2 is 1.50 bits per heavy atom. The number of halogens is 2. The number of fused-ring (bicyclic) bond motifs is 4. The van der Waals surface area contributed by atoms with E-state index in [1.54, 1.807) is 29.3 Å². The molecule has 0 spiro atoms. The van der Waals surface area contributed by atoms with Crippen LogP contribution in [0.2, 0.25) is 0 Å². The molecule has 2 aromatic rings. The summed E-state index contributed by atoms with van der Waals surface area (Å²) in [6.45, 7) is 11.9. The monoisotopic (exact) mass is 694 g/mol. The molecule has 42 heavy (non-hydrogen) atoms. The molecule has 5 aliphatic carbocycles. The fraction of sp³-hybridized carbons (Fsp3) is 0.447. The van der Waals surface area contributed by atoms with Crippen molar-refractivity contribution >= 4 is 31.7 Å². The Labute approximate surface area is 287 Å². The van der Waals surface area contributed by atoms with Crippen LogP contribution < -0.4 is 0 Å². The predicted octanol–water partition coefficient (Wildman–Crippen LogP) is 10.3. The SMILES string of the molecule is C[C-]1C2=C3CC4=CCCCC4C3CCC2CC(C)C1(C)C.Cl.Cl.[C-]1=CC=CC1.[SiH2]=[Zr].[c-]1ccccc1.[c-]1ccccc1. The normalized spacial score (nSPS) is 25.1. The van der Waals surface area contributed by atoms with E-state index in [2.05, 4.69) is 58.1 Å². The molecule has 2 fully saturated rings. The zero-order valence-corrected chi connectivity index (χ0v) is 31.6. The first-order chi connectivity index (χ1) is 19.5. The maximum Gasteiger partial charge on any atom is -0.171 e. The Hall–Kier alpha value is -1.05. The van der Waals surface area contributed by atoms with Gasteiger partial charge in [-0.3, -0.25) is 6.08 Å². The first-order valence-corrected chi connectivity index (χ1v) is 21.1. The second-order valence-electron chi connectivity index (χ2n) is 12.0. The van der Waals surface area contributed by atoms with Crippen LogP contribution in [0.5, 0.6) is 0 Å². The molecule has 2 aromatic carbocycles. The van der Waals surface area contributed by atoms with E-state index in [1.165, 1.54) is 44.9 Å². The van der Waals surface area contributed by atoms with Crippen LogP contribution in [0.3, 0.4) is 0 Å². The van der Waals surface area contributed by atoms with Gasteiger partial charge in [0.05, 0.1) is 0 Å². The van der Waals surface area contributed by atoms with Crippen LogP contribution in [-0.4, -0.2) is 6.88 Å². The van der Waals surface area contributed by atoms with Crippen LogP contribution in [0.15, 0.2) is 102 Å². The average molecular weight is 697 g/mol. The number of benzene rings is 2. The van der Waals surface area contributed by atoms with Crippen LogP contribution in [0.25, 0.3) is 0 Å². The molecule has 0 heterocycles. The van der Waals surface area contributed by atoms with Gasteiger partial charge >= 0.3 is 30.2 Å². The quantitative estimate of drug-likeness (QED) is 0.146. The van der Waals surface area contributed by atoms with Gasteiger partial charge < -0.3 is 0 Å². The summed E-state index contributed by atoms with van der Waals surface area (Å²) >= 11 is 1.58. The van der Waals surface area contributed by atoms with Gasteiger partial charge in [-0.15, -0.1) is 38.2 Å². The third kappa shape index (κ3) is 10.8. The van der Waals surface area contributed by atoms with Gasteiger partial charge in [-0.1, -0.05) is 68.9 Å². The van der Waals surface area contributed by atoms with Crippen molar-refractivity contribution in [1.29, 1.82) is 0 Å². The standard InChI is InChI=1S/C21H31.2C6H5.C5H5.2ClH.H2Si.Zr/c1-13-11-16-9-10-18-17-8-6-5-7-15(17)12-19(18)20(16)14(2)21(13,3)4;2*1-2-4-6-5-3-1;1-2-4-5-3-1;;;;/h7,13,16-18H,5-6,8-12H2,1-4H3;2*1-5H;1-3H,4H2;2*1H;1H2;/q4*-1;;;;. The minimum absolute atomic E-state index is 0. The fourth-order valence-electron chi connectivity index (χ4n) is 6.92. The zero-order chi connectivity index (χ0) is 28.8. The summed E-state index contributed by atoms with van der Waals surface area (Å²) in [6.07, 6.45) is 22.6. The van der Waals surface area contributed by atoms with Crippen molar-refractivity contribution in [3.05, 3.63) is 126 Å². The van der Waals surface area contributed by atoms with E-state index in [1.807, 2.05) is 96.4 Å². The molecular weight excluding hydrogens is 647 g/mol. The van der Waals surface area contributed by atoms with Gasteiger partial charge in [-0.25, -0.2) is 29.2 Å². The first kappa shape index (κ1) is 39.0. The minimum Gasteiger partial charge on any atom is -0.184 e. The van der Waals surface area contributed by atoms with E-state index in [-0.39, 0.29) is 24.8 Å². The predicted molar refractivity (Wildman–Crippen MR) is 185 cm³/mol. The van der Waals surface area contributed by atoms with E-state index in [9.17, 15) is 0 Å². The van der Waals surface area contributed by atoms with Crippen LogP contribution in [-0.2, 0) is 23.3 Å². The molecule has 4 unspecified atom stereocenters. The second-order valence-corrected chi connectivity index (χ2v) is 12.0. The Morgan fingerprint density at radius 3 is 1.95 bits per heavy atom. The van der Waals surface area contributed by atoms with Gasteiger partial charge in [0.25, 0.3) is 0 Å². The van der Waals surface area contributed by atoms with Crippen molar-refractivity contribution in [2.75, 3.05) is 0 Å².